The van der Waals surface area contributed by atoms with E-state index in [9.17, 15) is 18.0 Å². The van der Waals surface area contributed by atoms with Gasteiger partial charge in [-0.25, -0.2) is 8.42 Å². The van der Waals surface area contributed by atoms with Crippen LogP contribution in [0.1, 0.15) is 18.9 Å². The van der Waals surface area contributed by atoms with E-state index in [-0.39, 0.29) is 33.1 Å². The molecule has 3 rings (SSSR count). The summed E-state index contributed by atoms with van der Waals surface area (Å²) < 4.78 is 33.7. The van der Waals surface area contributed by atoms with Gasteiger partial charge in [0.15, 0.2) is 0 Å². The van der Waals surface area contributed by atoms with E-state index in [0.29, 0.717) is 12.2 Å². The Morgan fingerprint density at radius 2 is 1.63 bits per heavy atom. The predicted octanol–water partition coefficient (Wildman–Crippen LogP) is 4.75. The SMILES string of the molecule is CC[C@H](C(=O)NC)N(Cc1ccc(OC)cc1)C(=O)CN(c1cccc(Cl)c1Cl)S(=O)(=O)c1ccccc1. The predicted molar refractivity (Wildman–Crippen MR) is 149 cm³/mol. The highest BCUT2D eigenvalue weighted by molar-refractivity contribution is 7.92. The van der Waals surface area contributed by atoms with Crippen molar-refractivity contribution in [1.29, 1.82) is 0 Å². The fourth-order valence-corrected chi connectivity index (χ4v) is 5.83. The van der Waals surface area contributed by atoms with Crippen LogP contribution in [-0.4, -0.2) is 51.9 Å². The second-order valence-corrected chi connectivity index (χ2v) is 11.0. The zero-order valence-corrected chi connectivity index (χ0v) is 23.6. The Labute approximate surface area is 233 Å². The van der Waals surface area contributed by atoms with Crippen molar-refractivity contribution in [1.82, 2.24) is 10.2 Å². The van der Waals surface area contributed by atoms with E-state index < -0.39 is 28.5 Å². The number of anilines is 1. The van der Waals surface area contributed by atoms with Gasteiger partial charge in [-0.1, -0.05) is 66.5 Å². The van der Waals surface area contributed by atoms with Crippen LogP contribution in [-0.2, 0) is 26.2 Å². The maximum Gasteiger partial charge on any atom is 0.264 e. The van der Waals surface area contributed by atoms with Gasteiger partial charge in [0.05, 0.1) is 27.7 Å². The Morgan fingerprint density at radius 3 is 2.21 bits per heavy atom. The van der Waals surface area contributed by atoms with E-state index in [4.69, 9.17) is 27.9 Å². The van der Waals surface area contributed by atoms with Gasteiger partial charge in [0, 0.05) is 13.6 Å². The van der Waals surface area contributed by atoms with Crippen molar-refractivity contribution in [2.24, 2.45) is 0 Å². The molecule has 1 atom stereocenters. The third-order valence-corrected chi connectivity index (χ3v) is 8.54. The number of carbonyl (C=O) groups is 2. The third-order valence-electron chi connectivity index (χ3n) is 5.95. The zero-order chi connectivity index (χ0) is 27.9. The van der Waals surface area contributed by atoms with Crippen LogP contribution in [0.25, 0.3) is 0 Å². The molecule has 3 aromatic carbocycles. The average molecular weight is 579 g/mol. The van der Waals surface area contributed by atoms with Gasteiger partial charge in [0.2, 0.25) is 11.8 Å². The van der Waals surface area contributed by atoms with Crippen molar-refractivity contribution in [2.75, 3.05) is 25.0 Å². The van der Waals surface area contributed by atoms with E-state index in [1.807, 2.05) is 0 Å². The average Bonchev–Trinajstić information content (AvgIpc) is 2.93. The first-order valence-corrected chi connectivity index (χ1v) is 14.0. The number of likely N-dealkylation sites (N-methyl/N-ethyl adjacent to an activating group) is 1. The monoisotopic (exact) mass is 577 g/mol. The molecular weight excluding hydrogens is 549 g/mol. The molecule has 0 saturated carbocycles. The van der Waals surface area contributed by atoms with E-state index in [1.165, 1.54) is 36.2 Å². The molecule has 0 fully saturated rings. The molecule has 0 unspecified atom stereocenters. The van der Waals surface area contributed by atoms with Crippen molar-refractivity contribution in [2.45, 2.75) is 30.8 Å². The second kappa shape index (κ2) is 13.0. The quantitative estimate of drug-likeness (QED) is 0.354. The Balaban J connectivity index is 2.08. The summed E-state index contributed by atoms with van der Waals surface area (Å²) in [7, 11) is -1.20. The Kier molecular flexibility index (Phi) is 10.0. The van der Waals surface area contributed by atoms with Crippen LogP contribution in [0.5, 0.6) is 5.75 Å². The third kappa shape index (κ3) is 6.59. The molecule has 0 bridgehead atoms. The van der Waals surface area contributed by atoms with Crippen molar-refractivity contribution < 1.29 is 22.7 Å². The van der Waals surface area contributed by atoms with Crippen LogP contribution in [0, 0.1) is 0 Å². The number of ether oxygens (including phenoxy) is 1. The van der Waals surface area contributed by atoms with Crippen molar-refractivity contribution >= 4 is 50.7 Å². The first-order valence-electron chi connectivity index (χ1n) is 11.8. The van der Waals surface area contributed by atoms with Crippen molar-refractivity contribution in [3.8, 4) is 5.75 Å². The fraction of sp³-hybridized carbons (Fsp3) is 0.259. The summed E-state index contributed by atoms with van der Waals surface area (Å²) in [5.74, 6) is -0.319. The van der Waals surface area contributed by atoms with E-state index in [2.05, 4.69) is 5.32 Å². The smallest absolute Gasteiger partial charge is 0.264 e. The van der Waals surface area contributed by atoms with Gasteiger partial charge < -0.3 is 15.0 Å². The molecule has 11 heteroatoms. The van der Waals surface area contributed by atoms with Crippen LogP contribution in [0.15, 0.2) is 77.7 Å². The van der Waals surface area contributed by atoms with Crippen LogP contribution in [0.3, 0.4) is 0 Å². The standard InChI is InChI=1S/C27H29Cl2N3O5S/c1-4-23(27(34)30-2)31(17-19-13-15-20(37-3)16-14-19)25(33)18-32(24-12-8-11-22(28)26(24)29)38(35,36)21-9-6-5-7-10-21/h5-16,23H,4,17-18H2,1-3H3,(H,30,34)/t23-/m1/s1. The first kappa shape index (κ1) is 29.3. The summed E-state index contributed by atoms with van der Waals surface area (Å²) in [6, 6.07) is 18.5. The lowest BCUT2D eigenvalue weighted by Crippen LogP contribution is -2.51. The van der Waals surface area contributed by atoms with Gasteiger partial charge in [0.25, 0.3) is 10.0 Å². The molecule has 0 aliphatic rings. The highest BCUT2D eigenvalue weighted by Gasteiger charge is 2.34. The van der Waals surface area contributed by atoms with E-state index in [1.54, 1.807) is 62.6 Å². The minimum Gasteiger partial charge on any atom is -0.497 e. The van der Waals surface area contributed by atoms with Crippen molar-refractivity contribution in [3.63, 3.8) is 0 Å². The molecule has 0 aliphatic heterocycles. The molecule has 0 saturated heterocycles. The molecule has 38 heavy (non-hydrogen) atoms. The number of benzene rings is 3. The van der Waals surface area contributed by atoms with Gasteiger partial charge >= 0.3 is 0 Å². The molecule has 2 amide bonds. The maximum absolute atomic E-state index is 13.9. The van der Waals surface area contributed by atoms with Crippen LogP contribution in [0.2, 0.25) is 10.0 Å². The van der Waals surface area contributed by atoms with Crippen LogP contribution < -0.4 is 14.4 Å². The summed E-state index contributed by atoms with van der Waals surface area (Å²) in [5.41, 5.74) is 0.786. The largest absolute Gasteiger partial charge is 0.497 e. The number of hydrogen-bond donors (Lipinski definition) is 1. The van der Waals surface area contributed by atoms with Gasteiger partial charge in [-0.15, -0.1) is 0 Å². The first-order chi connectivity index (χ1) is 18.1. The summed E-state index contributed by atoms with van der Waals surface area (Å²) in [6.07, 6.45) is 0.310. The normalized spacial score (nSPS) is 11.9. The summed E-state index contributed by atoms with van der Waals surface area (Å²) in [5, 5.41) is 2.71. The molecule has 0 heterocycles. The Hall–Kier alpha value is -3.27. The second-order valence-electron chi connectivity index (χ2n) is 8.31. The maximum atomic E-state index is 13.9. The number of amides is 2. The van der Waals surface area contributed by atoms with E-state index >= 15 is 0 Å². The minimum atomic E-state index is -4.24. The van der Waals surface area contributed by atoms with Crippen molar-refractivity contribution in [3.05, 3.63) is 88.4 Å². The number of nitrogens with one attached hydrogen (secondary N) is 1. The Bertz CT molecular complexity index is 1370. The van der Waals surface area contributed by atoms with Crippen LogP contribution >= 0.6 is 23.2 Å². The molecular formula is C27H29Cl2N3O5S. The number of methoxy groups -OCH3 is 1. The fourth-order valence-electron chi connectivity index (χ4n) is 3.93. The highest BCUT2D eigenvalue weighted by atomic mass is 35.5. The zero-order valence-electron chi connectivity index (χ0n) is 21.2. The minimum absolute atomic E-state index is 0.0125. The summed E-state index contributed by atoms with van der Waals surface area (Å²) in [6.45, 7) is 1.23. The molecule has 0 radical (unpaired) electrons. The molecule has 0 aliphatic carbocycles. The number of halogens is 2. The summed E-state index contributed by atoms with van der Waals surface area (Å²) in [4.78, 5) is 28.0. The molecule has 3 aromatic rings. The number of nitrogens with zero attached hydrogens (tertiary/aromatic N) is 2. The lowest BCUT2D eigenvalue weighted by atomic mass is 10.1. The lowest BCUT2D eigenvalue weighted by Gasteiger charge is -2.33. The number of hydrogen-bond acceptors (Lipinski definition) is 5. The van der Waals surface area contributed by atoms with Gasteiger partial charge in [0.1, 0.15) is 18.3 Å². The summed E-state index contributed by atoms with van der Waals surface area (Å²) >= 11 is 12.6. The van der Waals surface area contributed by atoms with Gasteiger partial charge in [-0.05, 0) is 48.4 Å². The number of carbonyl (C=O) groups excluding carboxylic acids is 2. The Morgan fingerprint density at radius 1 is 0.974 bits per heavy atom. The van der Waals surface area contributed by atoms with Crippen LogP contribution in [0.4, 0.5) is 5.69 Å². The number of sulfonamides is 1. The molecule has 0 aromatic heterocycles. The topological polar surface area (TPSA) is 96.0 Å². The van der Waals surface area contributed by atoms with Gasteiger partial charge in [-0.3, -0.25) is 13.9 Å². The lowest BCUT2D eigenvalue weighted by molar-refractivity contribution is -0.140. The van der Waals surface area contributed by atoms with E-state index in [0.717, 1.165) is 9.87 Å². The molecule has 1 N–H and O–H groups in total. The molecule has 202 valence electrons. The molecule has 0 spiro atoms. The van der Waals surface area contributed by atoms with Gasteiger partial charge in [-0.2, -0.15) is 0 Å². The highest BCUT2D eigenvalue weighted by Crippen LogP contribution is 2.35. The molecule has 8 nitrogen and oxygen atoms in total. The number of rotatable bonds is 11.